The lowest BCUT2D eigenvalue weighted by Crippen LogP contribution is -2.57. The second-order valence-corrected chi connectivity index (χ2v) is 14.8. The van der Waals surface area contributed by atoms with Crippen molar-refractivity contribution >= 4 is 40.3 Å². The van der Waals surface area contributed by atoms with Crippen molar-refractivity contribution in [2.24, 2.45) is 11.3 Å². The molecule has 1 saturated carbocycles. The van der Waals surface area contributed by atoms with E-state index < -0.39 is 11.3 Å². The molecule has 5 rings (SSSR count). The number of halogens is 1. The minimum Gasteiger partial charge on any atom is -0.494 e. The molecule has 0 unspecified atom stereocenters. The van der Waals surface area contributed by atoms with Crippen LogP contribution in [0.15, 0.2) is 57.7 Å². The predicted octanol–water partition coefficient (Wildman–Crippen LogP) is 7.45. The highest BCUT2D eigenvalue weighted by atomic mass is 35.5. The van der Waals surface area contributed by atoms with Gasteiger partial charge >= 0.3 is 0 Å². The lowest BCUT2D eigenvalue weighted by Gasteiger charge is -2.47. The first kappa shape index (κ1) is 38.0. The maximum atomic E-state index is 13.6. The van der Waals surface area contributed by atoms with Gasteiger partial charge in [0.25, 0.3) is 5.91 Å². The van der Waals surface area contributed by atoms with Crippen molar-refractivity contribution in [3.8, 4) is 5.75 Å². The van der Waals surface area contributed by atoms with E-state index in [1.165, 1.54) is 12.0 Å². The molecule has 2 aliphatic rings. The summed E-state index contributed by atoms with van der Waals surface area (Å²) in [6, 6.07) is 13.8. The van der Waals surface area contributed by atoms with Gasteiger partial charge in [0.15, 0.2) is 11.2 Å². The third kappa shape index (κ3) is 10.6. The van der Waals surface area contributed by atoms with Crippen LogP contribution in [0.3, 0.4) is 0 Å². The monoisotopic (exact) mass is 693 g/mol. The fourth-order valence-electron chi connectivity index (χ4n) is 6.66. The van der Waals surface area contributed by atoms with Crippen LogP contribution in [0, 0.1) is 18.3 Å². The molecule has 266 valence electrons. The van der Waals surface area contributed by atoms with E-state index in [4.69, 9.17) is 20.8 Å². The average Bonchev–Trinajstić information content (AvgIpc) is 3.08. The van der Waals surface area contributed by atoms with Gasteiger partial charge in [-0.2, -0.15) is 0 Å². The third-order valence-electron chi connectivity index (χ3n) is 9.44. The molecule has 0 bridgehead atoms. The number of carbonyl (C=O) groups is 3. The molecular weight excluding hydrogens is 642 g/mol. The highest BCUT2D eigenvalue weighted by Crippen LogP contribution is 2.46. The van der Waals surface area contributed by atoms with Crippen LogP contribution in [0.25, 0.3) is 11.0 Å². The molecule has 0 radical (unpaired) electrons. The zero-order valence-electron chi connectivity index (χ0n) is 29.7. The van der Waals surface area contributed by atoms with E-state index >= 15 is 0 Å². The van der Waals surface area contributed by atoms with Gasteiger partial charge in [0, 0.05) is 29.7 Å². The highest BCUT2D eigenvalue weighted by molar-refractivity contribution is 6.30. The Morgan fingerprint density at radius 2 is 1.67 bits per heavy atom. The van der Waals surface area contributed by atoms with Gasteiger partial charge in [-0.25, -0.2) is 0 Å². The lowest BCUT2D eigenvalue weighted by molar-refractivity contribution is -0.145. The van der Waals surface area contributed by atoms with Gasteiger partial charge in [-0.15, -0.1) is 0 Å². The number of fused-ring (bicyclic) bond motifs is 1. The molecule has 1 aliphatic heterocycles. The van der Waals surface area contributed by atoms with Crippen molar-refractivity contribution in [1.29, 1.82) is 0 Å². The van der Waals surface area contributed by atoms with Crippen LogP contribution >= 0.6 is 11.6 Å². The molecule has 3 amide bonds. The average molecular weight is 694 g/mol. The van der Waals surface area contributed by atoms with Crippen LogP contribution in [0.4, 0.5) is 0 Å². The van der Waals surface area contributed by atoms with E-state index in [1.54, 1.807) is 23.1 Å². The summed E-state index contributed by atoms with van der Waals surface area (Å²) >= 11 is 5.61. The molecule has 2 N–H and O–H groups in total. The number of benzene rings is 2. The summed E-state index contributed by atoms with van der Waals surface area (Å²) in [6.07, 6.45) is 8.73. The largest absolute Gasteiger partial charge is 0.494 e. The number of rotatable bonds is 9. The molecule has 2 heterocycles. The fourth-order valence-corrected chi connectivity index (χ4v) is 6.78. The highest BCUT2D eigenvalue weighted by Gasteiger charge is 2.48. The number of hydrogen-bond donors (Lipinski definition) is 2. The normalized spacial score (nSPS) is 16.3. The summed E-state index contributed by atoms with van der Waals surface area (Å²) in [5, 5.41) is 6.96. The van der Waals surface area contributed by atoms with E-state index in [9.17, 15) is 19.2 Å². The first-order chi connectivity index (χ1) is 23.3. The Labute approximate surface area is 295 Å². The zero-order chi connectivity index (χ0) is 35.6. The number of carbonyl (C=O) groups excluding carboxylic acids is 3. The Morgan fingerprint density at radius 3 is 2.29 bits per heavy atom. The van der Waals surface area contributed by atoms with E-state index in [0.29, 0.717) is 49.6 Å². The van der Waals surface area contributed by atoms with E-state index in [-0.39, 0.29) is 40.7 Å². The Balaban J connectivity index is 0.000000592. The second kappa shape index (κ2) is 17.2. The summed E-state index contributed by atoms with van der Waals surface area (Å²) < 4.78 is 11.4. The molecule has 3 aromatic rings. The first-order valence-electron chi connectivity index (χ1n) is 17.6. The minimum atomic E-state index is -0.626. The number of aryl methyl sites for hydroxylation is 1. The third-order valence-corrected chi connectivity index (χ3v) is 9.69. The van der Waals surface area contributed by atoms with Crippen LogP contribution in [0.1, 0.15) is 102 Å². The minimum absolute atomic E-state index is 0.100. The number of nitrogens with one attached hydrogen (secondary N) is 2. The molecule has 10 heteroatoms. The Hall–Kier alpha value is -3.85. The number of piperidine rings is 1. The van der Waals surface area contributed by atoms with Gasteiger partial charge in [0.05, 0.1) is 24.0 Å². The second-order valence-electron chi connectivity index (χ2n) is 14.4. The van der Waals surface area contributed by atoms with Gasteiger partial charge in [-0.05, 0) is 96.0 Å². The maximum Gasteiger partial charge on any atom is 0.287 e. The van der Waals surface area contributed by atoms with Crippen LogP contribution in [-0.4, -0.2) is 54.4 Å². The van der Waals surface area contributed by atoms with Gasteiger partial charge in [0.1, 0.15) is 11.3 Å². The van der Waals surface area contributed by atoms with Crippen LogP contribution < -0.4 is 20.8 Å². The van der Waals surface area contributed by atoms with Crippen molar-refractivity contribution in [2.45, 2.75) is 97.9 Å². The Bertz CT molecular complexity index is 1610. The lowest BCUT2D eigenvalue weighted by atomic mass is 9.63. The SMILES string of the molecule is CCCCOc1ccc2oc(C(=O)NCC(=O)N3CCC(C(=O)NC(C)(C)C)(C4CCCCC4)CC3)cc(=O)c2c1.Cc1ccc(Cl)cc1. The van der Waals surface area contributed by atoms with Crippen LogP contribution in [-0.2, 0) is 9.59 Å². The van der Waals surface area contributed by atoms with Crippen LogP contribution in [0.5, 0.6) is 5.75 Å². The number of likely N-dealkylation sites (tertiary alicyclic amines) is 1. The summed E-state index contributed by atoms with van der Waals surface area (Å²) in [5.41, 5.74) is 0.379. The van der Waals surface area contributed by atoms with Crippen LogP contribution in [0.2, 0.25) is 5.02 Å². The quantitative estimate of drug-likeness (QED) is 0.225. The number of nitrogens with zero attached hydrogens (tertiary/aromatic N) is 1. The topological polar surface area (TPSA) is 118 Å². The molecule has 49 heavy (non-hydrogen) atoms. The van der Waals surface area contributed by atoms with Gasteiger partial charge in [0.2, 0.25) is 11.8 Å². The summed E-state index contributed by atoms with van der Waals surface area (Å²) in [6.45, 7) is 11.4. The summed E-state index contributed by atoms with van der Waals surface area (Å²) in [7, 11) is 0. The van der Waals surface area contributed by atoms with E-state index in [1.807, 2.05) is 52.0 Å². The molecule has 2 aromatic carbocycles. The number of unbranched alkanes of at least 4 members (excludes halogenated alkanes) is 1. The molecule has 9 nitrogen and oxygen atoms in total. The van der Waals surface area contributed by atoms with Crippen molar-refractivity contribution in [1.82, 2.24) is 15.5 Å². The molecule has 1 aliphatic carbocycles. The van der Waals surface area contributed by atoms with Gasteiger partial charge in [-0.1, -0.05) is 61.9 Å². The van der Waals surface area contributed by atoms with E-state index in [2.05, 4.69) is 17.6 Å². The van der Waals surface area contributed by atoms with E-state index in [0.717, 1.165) is 49.6 Å². The molecule has 0 atom stereocenters. The number of hydrogen-bond acceptors (Lipinski definition) is 6. The molecule has 0 spiro atoms. The summed E-state index contributed by atoms with van der Waals surface area (Å²) in [4.78, 5) is 53.9. The van der Waals surface area contributed by atoms with Crippen molar-refractivity contribution in [3.05, 3.63) is 75.1 Å². The zero-order valence-corrected chi connectivity index (χ0v) is 30.4. The number of amides is 3. The maximum absolute atomic E-state index is 13.6. The standard InChI is InChI=1S/C32H45N3O6.C7H7Cl/c1-5-6-18-40-23-12-13-26-24(19-23)25(36)20-27(41-26)29(38)33-21-28(37)35-16-14-32(15-17-35,22-10-8-7-9-11-22)30(39)34-31(2,3)4;1-6-2-4-7(8)5-3-6/h12-13,19-20,22H,5-11,14-18,21H2,1-4H3,(H,33,38)(H,34,39);2-5H,1H3. The Kier molecular flexibility index (Phi) is 13.3. The van der Waals surface area contributed by atoms with Crippen molar-refractivity contribution in [2.75, 3.05) is 26.2 Å². The molecule has 1 aromatic heterocycles. The molecular formula is C39H52ClN3O6. The number of ether oxygens (including phenoxy) is 1. The molecule has 1 saturated heterocycles. The van der Waals surface area contributed by atoms with Gasteiger partial charge in [-0.3, -0.25) is 19.2 Å². The summed E-state index contributed by atoms with van der Waals surface area (Å²) in [5.74, 6) is 0.00548. The fraction of sp³-hybridized carbons (Fsp3) is 0.538. The molecule has 2 fully saturated rings. The smallest absolute Gasteiger partial charge is 0.287 e. The first-order valence-corrected chi connectivity index (χ1v) is 18.0. The predicted molar refractivity (Wildman–Crippen MR) is 194 cm³/mol. The van der Waals surface area contributed by atoms with Gasteiger partial charge < -0.3 is 24.7 Å². The Morgan fingerprint density at radius 1 is 1.00 bits per heavy atom. The van der Waals surface area contributed by atoms with Crippen molar-refractivity contribution < 1.29 is 23.5 Å². The van der Waals surface area contributed by atoms with Crippen molar-refractivity contribution in [3.63, 3.8) is 0 Å².